The first-order chi connectivity index (χ1) is 13.7. The van der Waals surface area contributed by atoms with Crippen molar-refractivity contribution in [2.45, 2.75) is 12.3 Å². The van der Waals surface area contributed by atoms with Gasteiger partial charge in [0.25, 0.3) is 5.91 Å². The van der Waals surface area contributed by atoms with E-state index in [0.29, 0.717) is 43.2 Å². The second-order valence-corrected chi connectivity index (χ2v) is 6.49. The second-order valence-electron chi connectivity index (χ2n) is 6.49. The molecule has 0 saturated carbocycles. The van der Waals surface area contributed by atoms with Crippen molar-refractivity contribution in [3.8, 4) is 11.5 Å². The molecule has 144 valence electrons. The minimum Gasteiger partial charge on any atom is -0.486 e. The fourth-order valence-corrected chi connectivity index (χ4v) is 3.34. The Hall–Kier alpha value is -3.28. The number of halogens is 1. The van der Waals surface area contributed by atoms with E-state index in [1.54, 1.807) is 36.6 Å². The molecule has 1 aliphatic heterocycles. The maximum atomic E-state index is 13.3. The van der Waals surface area contributed by atoms with E-state index < -0.39 is 0 Å². The van der Waals surface area contributed by atoms with Crippen LogP contribution >= 0.6 is 0 Å². The lowest BCUT2D eigenvalue weighted by molar-refractivity contribution is 0.0941. The zero-order chi connectivity index (χ0) is 19.3. The van der Waals surface area contributed by atoms with E-state index in [-0.39, 0.29) is 17.6 Å². The van der Waals surface area contributed by atoms with Gasteiger partial charge in [-0.25, -0.2) is 4.39 Å². The molecule has 0 saturated heterocycles. The highest BCUT2D eigenvalue weighted by Gasteiger charge is 2.21. The maximum Gasteiger partial charge on any atom is 0.255 e. The van der Waals surface area contributed by atoms with Gasteiger partial charge in [-0.15, -0.1) is 0 Å². The van der Waals surface area contributed by atoms with Crippen LogP contribution in [-0.2, 0) is 0 Å². The molecule has 0 spiro atoms. The van der Waals surface area contributed by atoms with Gasteiger partial charge in [-0.05, 0) is 48.4 Å². The summed E-state index contributed by atoms with van der Waals surface area (Å²) in [4.78, 5) is 12.6. The van der Waals surface area contributed by atoms with E-state index in [0.717, 1.165) is 11.3 Å². The zero-order valence-electron chi connectivity index (χ0n) is 15.2. The highest BCUT2D eigenvalue weighted by atomic mass is 19.1. The number of fused-ring (bicyclic) bond motifs is 1. The molecule has 0 unspecified atom stereocenters. The third-order valence-electron chi connectivity index (χ3n) is 4.69. The number of carbonyl (C=O) groups excluding carboxylic acids is 1. The van der Waals surface area contributed by atoms with Crippen molar-refractivity contribution < 1.29 is 23.1 Å². The van der Waals surface area contributed by atoms with Crippen LogP contribution in [0.5, 0.6) is 11.5 Å². The highest BCUT2D eigenvalue weighted by Crippen LogP contribution is 2.33. The molecule has 1 amide bonds. The summed E-state index contributed by atoms with van der Waals surface area (Å²) in [6, 6.07) is 15.3. The van der Waals surface area contributed by atoms with Crippen molar-refractivity contribution >= 4 is 5.91 Å². The summed E-state index contributed by atoms with van der Waals surface area (Å²) in [6.07, 6.45) is 2.22. The van der Waals surface area contributed by atoms with Gasteiger partial charge in [0, 0.05) is 12.5 Å². The lowest BCUT2D eigenvalue weighted by Crippen LogP contribution is -2.27. The maximum absolute atomic E-state index is 13.3. The Morgan fingerprint density at radius 1 is 1.04 bits per heavy atom. The molecule has 2 heterocycles. The third kappa shape index (κ3) is 3.86. The molecule has 1 atom stereocenters. The number of amides is 1. The fourth-order valence-electron chi connectivity index (χ4n) is 3.34. The summed E-state index contributed by atoms with van der Waals surface area (Å²) < 4.78 is 30.0. The first-order valence-corrected chi connectivity index (χ1v) is 9.18. The highest BCUT2D eigenvalue weighted by molar-refractivity contribution is 5.97. The van der Waals surface area contributed by atoms with Gasteiger partial charge in [-0.1, -0.05) is 18.2 Å². The van der Waals surface area contributed by atoms with Crippen LogP contribution in [0.3, 0.4) is 0 Å². The molecule has 4 rings (SSSR count). The number of rotatable bonds is 6. The van der Waals surface area contributed by atoms with Crippen LogP contribution in [0.15, 0.2) is 65.3 Å². The Balaban J connectivity index is 1.45. The lowest BCUT2D eigenvalue weighted by Gasteiger charge is -2.21. The van der Waals surface area contributed by atoms with Crippen LogP contribution in [-0.4, -0.2) is 25.7 Å². The van der Waals surface area contributed by atoms with Crippen molar-refractivity contribution in [1.29, 1.82) is 0 Å². The van der Waals surface area contributed by atoms with Gasteiger partial charge >= 0.3 is 0 Å². The van der Waals surface area contributed by atoms with E-state index in [9.17, 15) is 9.18 Å². The first-order valence-electron chi connectivity index (χ1n) is 9.18. The second kappa shape index (κ2) is 8.17. The minimum absolute atomic E-state index is 0.0832. The molecule has 28 heavy (non-hydrogen) atoms. The quantitative estimate of drug-likeness (QED) is 0.697. The van der Waals surface area contributed by atoms with E-state index in [1.165, 1.54) is 12.1 Å². The van der Waals surface area contributed by atoms with Gasteiger partial charge in [0.05, 0.1) is 11.8 Å². The molecule has 0 radical (unpaired) electrons. The van der Waals surface area contributed by atoms with Gasteiger partial charge in [0.1, 0.15) is 24.8 Å². The molecule has 3 aromatic rings. The molecule has 0 aliphatic carbocycles. The molecule has 0 bridgehead atoms. The van der Waals surface area contributed by atoms with Gasteiger partial charge < -0.3 is 19.2 Å². The Labute approximate surface area is 162 Å². The molecule has 5 nitrogen and oxygen atoms in total. The van der Waals surface area contributed by atoms with Gasteiger partial charge in [-0.2, -0.15) is 0 Å². The van der Waals surface area contributed by atoms with Gasteiger partial charge in [-0.3, -0.25) is 4.79 Å². The predicted molar refractivity (Wildman–Crippen MR) is 101 cm³/mol. The molecule has 1 aliphatic rings. The summed E-state index contributed by atoms with van der Waals surface area (Å²) >= 11 is 0. The summed E-state index contributed by atoms with van der Waals surface area (Å²) in [6.45, 7) is 1.31. The van der Waals surface area contributed by atoms with Crippen molar-refractivity contribution in [3.63, 3.8) is 0 Å². The molecule has 1 N–H and O–H groups in total. The standard InChI is InChI=1S/C22H20FNO4/c23-16-8-6-15(7-9-16)17(19-5-2-12-26-19)10-11-24-22(25)18-3-1-4-20-21(18)28-14-13-27-20/h1-9,12,17H,10-11,13-14H2,(H,24,25)/t17-/m1/s1. The Morgan fingerprint density at radius 2 is 1.86 bits per heavy atom. The van der Waals surface area contributed by atoms with Crippen LogP contribution in [0.1, 0.15) is 34.0 Å². The van der Waals surface area contributed by atoms with E-state index >= 15 is 0 Å². The summed E-state index contributed by atoms with van der Waals surface area (Å²) in [5, 5.41) is 2.93. The fraction of sp³-hybridized carbons (Fsp3) is 0.227. The molecule has 0 fully saturated rings. The summed E-state index contributed by atoms with van der Waals surface area (Å²) in [7, 11) is 0. The molecule has 1 aromatic heterocycles. The monoisotopic (exact) mass is 381 g/mol. The average molecular weight is 381 g/mol. The smallest absolute Gasteiger partial charge is 0.255 e. The average Bonchev–Trinajstić information content (AvgIpc) is 3.26. The number of para-hydroxylation sites is 1. The molecular weight excluding hydrogens is 361 g/mol. The van der Waals surface area contributed by atoms with Crippen molar-refractivity contribution in [1.82, 2.24) is 5.32 Å². The van der Waals surface area contributed by atoms with Crippen LogP contribution in [0, 0.1) is 5.82 Å². The first kappa shape index (κ1) is 18.1. The van der Waals surface area contributed by atoms with Gasteiger partial charge in [0.2, 0.25) is 0 Å². The van der Waals surface area contributed by atoms with Crippen LogP contribution < -0.4 is 14.8 Å². The number of hydrogen-bond acceptors (Lipinski definition) is 4. The topological polar surface area (TPSA) is 60.7 Å². The number of nitrogens with one attached hydrogen (secondary N) is 1. The number of ether oxygens (including phenoxy) is 2. The summed E-state index contributed by atoms with van der Waals surface area (Å²) in [5.74, 6) is 1.24. The number of carbonyl (C=O) groups is 1. The summed E-state index contributed by atoms with van der Waals surface area (Å²) in [5.41, 5.74) is 1.38. The van der Waals surface area contributed by atoms with Crippen LogP contribution in [0.4, 0.5) is 4.39 Å². The lowest BCUT2D eigenvalue weighted by atomic mass is 9.93. The molecule has 2 aromatic carbocycles. The van der Waals surface area contributed by atoms with Crippen LogP contribution in [0.25, 0.3) is 0 Å². The number of benzene rings is 2. The Kier molecular flexibility index (Phi) is 5.28. The van der Waals surface area contributed by atoms with Crippen LogP contribution in [0.2, 0.25) is 0 Å². The molecular formula is C22H20FNO4. The number of hydrogen-bond donors (Lipinski definition) is 1. The minimum atomic E-state index is -0.286. The Bertz CT molecular complexity index is 938. The largest absolute Gasteiger partial charge is 0.486 e. The van der Waals surface area contributed by atoms with Crippen molar-refractivity contribution in [3.05, 3.63) is 83.6 Å². The van der Waals surface area contributed by atoms with E-state index in [4.69, 9.17) is 13.9 Å². The van der Waals surface area contributed by atoms with E-state index in [1.807, 2.05) is 12.1 Å². The number of furan rings is 1. The normalized spacial score (nSPS) is 13.8. The third-order valence-corrected chi connectivity index (χ3v) is 4.69. The van der Waals surface area contributed by atoms with E-state index in [2.05, 4.69) is 5.32 Å². The Morgan fingerprint density at radius 3 is 2.64 bits per heavy atom. The van der Waals surface area contributed by atoms with Crippen molar-refractivity contribution in [2.24, 2.45) is 0 Å². The zero-order valence-corrected chi connectivity index (χ0v) is 15.2. The van der Waals surface area contributed by atoms with Crippen molar-refractivity contribution in [2.75, 3.05) is 19.8 Å². The van der Waals surface area contributed by atoms with Gasteiger partial charge in [0.15, 0.2) is 11.5 Å². The SMILES string of the molecule is O=C(NCC[C@H](c1ccc(F)cc1)c1ccco1)c1cccc2c1OCCO2. The molecule has 6 heteroatoms. The predicted octanol–water partition coefficient (Wildman–Crippen LogP) is 4.14.